The molecule has 11 heteroatoms. The Bertz CT molecular complexity index is 913. The molecule has 0 aliphatic carbocycles. The van der Waals surface area contributed by atoms with Gasteiger partial charge < -0.3 is 19.8 Å². The zero-order valence-electron chi connectivity index (χ0n) is 15.9. The fourth-order valence-corrected chi connectivity index (χ4v) is 2.49. The van der Waals surface area contributed by atoms with Crippen LogP contribution in [0.1, 0.15) is 30.0 Å². The highest BCUT2D eigenvalue weighted by Gasteiger charge is 2.31. The number of furan rings is 1. The van der Waals surface area contributed by atoms with Gasteiger partial charge in [-0.05, 0) is 36.2 Å². The van der Waals surface area contributed by atoms with E-state index in [4.69, 9.17) is 20.8 Å². The first kappa shape index (κ1) is 23.3. The molecule has 1 heterocycles. The maximum absolute atomic E-state index is 12.8. The normalized spacial score (nSPS) is 12.4. The van der Waals surface area contributed by atoms with E-state index in [2.05, 4.69) is 10.6 Å². The van der Waals surface area contributed by atoms with E-state index >= 15 is 0 Å². The first-order valence-corrected chi connectivity index (χ1v) is 9.04. The summed E-state index contributed by atoms with van der Waals surface area (Å²) in [4.78, 5) is 36.3. The van der Waals surface area contributed by atoms with Gasteiger partial charge in [0.25, 0.3) is 11.8 Å². The molecular formula is C19H18ClF3N2O5. The lowest BCUT2D eigenvalue weighted by atomic mass is 10.0. The van der Waals surface area contributed by atoms with Crippen molar-refractivity contribution in [1.29, 1.82) is 0 Å². The van der Waals surface area contributed by atoms with E-state index < -0.39 is 42.2 Å². The lowest BCUT2D eigenvalue weighted by Crippen LogP contribution is -2.45. The molecule has 2 rings (SSSR count). The van der Waals surface area contributed by atoms with E-state index in [-0.39, 0.29) is 22.4 Å². The smallest absolute Gasteiger partial charge is 0.416 e. The maximum atomic E-state index is 12.8. The molecule has 0 radical (unpaired) electrons. The molecular weight excluding hydrogens is 429 g/mol. The molecule has 162 valence electrons. The molecule has 0 aliphatic heterocycles. The number of rotatable bonds is 7. The van der Waals surface area contributed by atoms with Gasteiger partial charge in [0.15, 0.2) is 12.4 Å². The number of amides is 2. The standard InChI is InChI=1S/C19H18ClF3N2O5/c1-10(2)16(25-17(27)14-4-3-7-29-14)18(28)30-9-15(26)24-13-8-11(19(21,22)23)5-6-12(13)20/h3-8,10,16H,9H2,1-2H3,(H,24,26)(H,25,27). The Hall–Kier alpha value is -3.01. The van der Waals surface area contributed by atoms with Gasteiger partial charge in [0.05, 0.1) is 22.5 Å². The number of ether oxygens (including phenoxy) is 1. The molecule has 0 bridgehead atoms. The Kier molecular flexibility index (Phi) is 7.49. The number of carbonyl (C=O) groups is 3. The Morgan fingerprint density at radius 1 is 1.20 bits per heavy atom. The van der Waals surface area contributed by atoms with E-state index in [1.54, 1.807) is 13.8 Å². The zero-order chi connectivity index (χ0) is 22.5. The average molecular weight is 447 g/mol. The van der Waals surface area contributed by atoms with E-state index in [0.717, 1.165) is 12.1 Å². The summed E-state index contributed by atoms with van der Waals surface area (Å²) in [5.41, 5.74) is -1.28. The number of anilines is 1. The highest BCUT2D eigenvalue weighted by atomic mass is 35.5. The first-order chi connectivity index (χ1) is 14.0. The van der Waals surface area contributed by atoms with Crippen molar-refractivity contribution in [2.75, 3.05) is 11.9 Å². The van der Waals surface area contributed by atoms with Crippen molar-refractivity contribution < 1.29 is 36.7 Å². The summed E-state index contributed by atoms with van der Waals surface area (Å²) in [5.74, 6) is -2.82. The third-order valence-corrected chi connectivity index (χ3v) is 4.20. The lowest BCUT2D eigenvalue weighted by Gasteiger charge is -2.20. The van der Waals surface area contributed by atoms with E-state index in [0.29, 0.717) is 6.07 Å². The number of carbonyl (C=O) groups excluding carboxylic acids is 3. The molecule has 0 aliphatic rings. The van der Waals surface area contributed by atoms with Crippen molar-refractivity contribution >= 4 is 35.1 Å². The van der Waals surface area contributed by atoms with Crippen LogP contribution in [-0.2, 0) is 20.5 Å². The summed E-state index contributed by atoms with van der Waals surface area (Å²) < 4.78 is 48.2. The number of benzene rings is 1. The monoisotopic (exact) mass is 446 g/mol. The third kappa shape index (κ3) is 6.24. The number of hydrogen-bond donors (Lipinski definition) is 2. The number of nitrogens with one attached hydrogen (secondary N) is 2. The molecule has 0 saturated carbocycles. The molecule has 0 fully saturated rings. The zero-order valence-corrected chi connectivity index (χ0v) is 16.6. The summed E-state index contributed by atoms with van der Waals surface area (Å²) >= 11 is 5.81. The molecule has 2 amide bonds. The van der Waals surface area contributed by atoms with Crippen LogP contribution in [-0.4, -0.2) is 30.4 Å². The predicted molar refractivity (Wildman–Crippen MR) is 101 cm³/mol. The van der Waals surface area contributed by atoms with E-state index in [1.807, 2.05) is 0 Å². The minimum absolute atomic E-state index is 0.00891. The van der Waals surface area contributed by atoms with Gasteiger partial charge in [0.1, 0.15) is 6.04 Å². The van der Waals surface area contributed by atoms with Crippen LogP contribution < -0.4 is 10.6 Å². The maximum Gasteiger partial charge on any atom is 0.416 e. The van der Waals surface area contributed by atoms with Crippen LogP contribution in [0.15, 0.2) is 41.0 Å². The van der Waals surface area contributed by atoms with Gasteiger partial charge in [-0.25, -0.2) is 4.79 Å². The average Bonchev–Trinajstić information content (AvgIpc) is 3.19. The van der Waals surface area contributed by atoms with Gasteiger partial charge in [0, 0.05) is 0 Å². The highest BCUT2D eigenvalue weighted by molar-refractivity contribution is 6.33. The van der Waals surface area contributed by atoms with E-state index in [1.165, 1.54) is 18.4 Å². The second kappa shape index (κ2) is 9.66. The van der Waals surface area contributed by atoms with Gasteiger partial charge >= 0.3 is 12.1 Å². The SMILES string of the molecule is CC(C)C(NC(=O)c1ccco1)C(=O)OCC(=O)Nc1cc(C(F)(F)F)ccc1Cl. The predicted octanol–water partition coefficient (Wildman–Crippen LogP) is 3.89. The summed E-state index contributed by atoms with van der Waals surface area (Å²) in [6.07, 6.45) is -3.33. The summed E-state index contributed by atoms with van der Waals surface area (Å²) in [6, 6.07) is 4.26. The molecule has 0 spiro atoms. The van der Waals surface area contributed by atoms with Crippen LogP contribution in [0, 0.1) is 5.92 Å². The van der Waals surface area contributed by atoms with Gasteiger partial charge in [-0.2, -0.15) is 13.2 Å². The van der Waals surface area contributed by atoms with Crippen molar-refractivity contribution in [3.05, 3.63) is 52.9 Å². The van der Waals surface area contributed by atoms with Gasteiger partial charge in [-0.3, -0.25) is 9.59 Å². The topological polar surface area (TPSA) is 97.6 Å². The quantitative estimate of drug-likeness (QED) is 0.629. The first-order valence-electron chi connectivity index (χ1n) is 8.66. The Labute approximate surface area is 174 Å². The van der Waals surface area contributed by atoms with Crippen molar-refractivity contribution in [1.82, 2.24) is 5.32 Å². The van der Waals surface area contributed by atoms with Crippen molar-refractivity contribution in [2.24, 2.45) is 5.92 Å². The van der Waals surface area contributed by atoms with Crippen molar-refractivity contribution in [2.45, 2.75) is 26.1 Å². The number of esters is 1. The van der Waals surface area contributed by atoms with Crippen molar-refractivity contribution in [3.63, 3.8) is 0 Å². The number of hydrogen-bond acceptors (Lipinski definition) is 5. The molecule has 2 N–H and O–H groups in total. The Morgan fingerprint density at radius 3 is 2.47 bits per heavy atom. The summed E-state index contributed by atoms with van der Waals surface area (Å²) in [6.45, 7) is 2.51. The largest absolute Gasteiger partial charge is 0.459 e. The summed E-state index contributed by atoms with van der Waals surface area (Å²) in [5, 5.41) is 4.48. The number of halogens is 4. The second-order valence-electron chi connectivity index (χ2n) is 6.52. The molecule has 1 atom stereocenters. The third-order valence-electron chi connectivity index (χ3n) is 3.87. The molecule has 30 heavy (non-hydrogen) atoms. The molecule has 0 saturated heterocycles. The van der Waals surface area contributed by atoms with E-state index in [9.17, 15) is 27.6 Å². The lowest BCUT2D eigenvalue weighted by molar-refractivity contribution is -0.150. The van der Waals surface area contributed by atoms with Crippen LogP contribution in [0.3, 0.4) is 0 Å². The molecule has 1 unspecified atom stereocenters. The fourth-order valence-electron chi connectivity index (χ4n) is 2.33. The van der Waals surface area contributed by atoms with Gasteiger partial charge in [-0.15, -0.1) is 0 Å². The summed E-state index contributed by atoms with van der Waals surface area (Å²) in [7, 11) is 0. The number of alkyl halides is 3. The fraction of sp³-hybridized carbons (Fsp3) is 0.316. The molecule has 1 aromatic heterocycles. The Morgan fingerprint density at radius 2 is 1.90 bits per heavy atom. The van der Waals surface area contributed by atoms with Crippen molar-refractivity contribution in [3.8, 4) is 0 Å². The van der Waals surface area contributed by atoms with Crippen LogP contribution in [0.2, 0.25) is 5.02 Å². The van der Waals surface area contributed by atoms with Crippen LogP contribution in [0.4, 0.5) is 18.9 Å². The minimum Gasteiger partial charge on any atom is -0.459 e. The van der Waals surface area contributed by atoms with Crippen LogP contribution in [0.25, 0.3) is 0 Å². The Balaban J connectivity index is 1.97. The minimum atomic E-state index is -4.62. The highest BCUT2D eigenvalue weighted by Crippen LogP contribution is 2.33. The second-order valence-corrected chi connectivity index (χ2v) is 6.93. The van der Waals surface area contributed by atoms with Gasteiger partial charge in [0.2, 0.25) is 0 Å². The van der Waals surface area contributed by atoms with Crippen LogP contribution >= 0.6 is 11.6 Å². The molecule has 2 aromatic rings. The van der Waals surface area contributed by atoms with Crippen LogP contribution in [0.5, 0.6) is 0 Å². The molecule has 1 aromatic carbocycles. The molecule has 7 nitrogen and oxygen atoms in total. The van der Waals surface area contributed by atoms with Gasteiger partial charge in [-0.1, -0.05) is 25.4 Å².